The van der Waals surface area contributed by atoms with E-state index in [9.17, 15) is 4.79 Å². The van der Waals surface area contributed by atoms with Crippen molar-refractivity contribution in [2.45, 2.75) is 11.3 Å². The molecule has 7 heteroatoms. The van der Waals surface area contributed by atoms with Gasteiger partial charge in [-0.25, -0.2) is 0 Å². The van der Waals surface area contributed by atoms with Crippen LogP contribution >= 0.6 is 11.8 Å². The van der Waals surface area contributed by atoms with Gasteiger partial charge in [0.2, 0.25) is 5.89 Å². The van der Waals surface area contributed by atoms with Crippen LogP contribution in [-0.2, 0) is 6.42 Å². The first-order valence-electron chi connectivity index (χ1n) is 6.66. The first kappa shape index (κ1) is 14.4. The van der Waals surface area contributed by atoms with E-state index in [1.165, 1.54) is 11.2 Å². The smallest absolute Gasteiger partial charge is 0.322 e. The van der Waals surface area contributed by atoms with Crippen LogP contribution in [0.1, 0.15) is 16.4 Å². The maximum Gasteiger partial charge on any atom is 0.322 e. The summed E-state index contributed by atoms with van der Waals surface area (Å²) < 4.78 is 10.4. The molecule has 1 aromatic carbocycles. The van der Waals surface area contributed by atoms with Crippen molar-refractivity contribution in [1.29, 1.82) is 0 Å². The summed E-state index contributed by atoms with van der Waals surface area (Å²) in [6, 6.07) is 13.3. The summed E-state index contributed by atoms with van der Waals surface area (Å²) in [6.45, 7) is 0. The number of benzene rings is 1. The van der Waals surface area contributed by atoms with Crippen LogP contribution in [0.5, 0.6) is 0 Å². The molecule has 6 nitrogen and oxygen atoms in total. The first-order valence-corrected chi connectivity index (χ1v) is 7.65. The van der Waals surface area contributed by atoms with Crippen molar-refractivity contribution in [2.24, 2.45) is 0 Å². The SMILES string of the molecule is O=C(Nc1nnc(CCSc2ccccc2)o1)c1ccco1. The van der Waals surface area contributed by atoms with Crippen molar-refractivity contribution < 1.29 is 13.6 Å². The zero-order valence-corrected chi connectivity index (χ0v) is 12.4. The standard InChI is InChI=1S/C15H13N3O3S/c19-14(12-7-4-9-20-12)16-15-18-17-13(21-15)8-10-22-11-5-2-1-3-6-11/h1-7,9H,8,10H2,(H,16,18,19). The summed E-state index contributed by atoms with van der Waals surface area (Å²) in [5.74, 6) is 1.08. The van der Waals surface area contributed by atoms with Gasteiger partial charge in [-0.3, -0.25) is 10.1 Å². The summed E-state index contributed by atoms with van der Waals surface area (Å²) in [4.78, 5) is 12.9. The monoisotopic (exact) mass is 315 g/mol. The molecule has 0 saturated carbocycles. The Morgan fingerprint density at radius 2 is 2.00 bits per heavy atom. The number of hydrogen-bond donors (Lipinski definition) is 1. The van der Waals surface area contributed by atoms with E-state index in [1.807, 2.05) is 30.3 Å². The second-order valence-corrected chi connectivity index (χ2v) is 5.51. The van der Waals surface area contributed by atoms with E-state index in [4.69, 9.17) is 8.83 Å². The molecule has 0 radical (unpaired) electrons. The quantitative estimate of drug-likeness (QED) is 0.703. The number of nitrogens with zero attached hydrogens (tertiary/aromatic N) is 2. The number of carbonyl (C=O) groups is 1. The fraction of sp³-hybridized carbons (Fsp3) is 0.133. The number of aromatic nitrogens is 2. The Labute approximate surface area is 130 Å². The summed E-state index contributed by atoms with van der Waals surface area (Å²) in [6.07, 6.45) is 2.05. The van der Waals surface area contributed by atoms with Crippen LogP contribution in [-0.4, -0.2) is 21.9 Å². The average Bonchev–Trinajstić information content (AvgIpc) is 3.20. The number of hydrogen-bond acceptors (Lipinski definition) is 6. The molecule has 0 aliphatic carbocycles. The lowest BCUT2D eigenvalue weighted by Crippen LogP contribution is -2.10. The minimum absolute atomic E-state index is 0.0705. The van der Waals surface area contributed by atoms with Crippen molar-refractivity contribution in [1.82, 2.24) is 10.2 Å². The summed E-state index contributed by atoms with van der Waals surface area (Å²) in [5.41, 5.74) is 0. The van der Waals surface area contributed by atoms with E-state index < -0.39 is 5.91 Å². The molecule has 0 fully saturated rings. The van der Waals surface area contributed by atoms with Crippen molar-refractivity contribution in [3.8, 4) is 0 Å². The van der Waals surface area contributed by atoms with E-state index in [0.717, 1.165) is 5.75 Å². The molecule has 1 amide bonds. The van der Waals surface area contributed by atoms with E-state index in [1.54, 1.807) is 23.9 Å². The lowest BCUT2D eigenvalue weighted by atomic mass is 10.4. The molecule has 0 saturated heterocycles. The fourth-order valence-corrected chi connectivity index (χ4v) is 2.61. The number of nitrogens with one attached hydrogen (secondary N) is 1. The summed E-state index contributed by atoms with van der Waals surface area (Å²) in [7, 11) is 0. The Balaban J connectivity index is 1.50. The van der Waals surface area contributed by atoms with Gasteiger partial charge in [0, 0.05) is 17.1 Å². The van der Waals surface area contributed by atoms with Crippen molar-refractivity contribution in [2.75, 3.05) is 11.1 Å². The molecule has 0 spiro atoms. The maximum absolute atomic E-state index is 11.7. The van der Waals surface area contributed by atoms with Gasteiger partial charge in [0.15, 0.2) is 5.76 Å². The van der Waals surface area contributed by atoms with Gasteiger partial charge in [0.1, 0.15) is 0 Å². The summed E-state index contributed by atoms with van der Waals surface area (Å²) in [5, 5.41) is 10.2. The second kappa shape index (κ2) is 6.95. The molecule has 22 heavy (non-hydrogen) atoms. The highest BCUT2D eigenvalue weighted by atomic mass is 32.2. The molecule has 0 bridgehead atoms. The number of aryl methyl sites for hydroxylation is 1. The minimum Gasteiger partial charge on any atom is -0.459 e. The first-order chi connectivity index (χ1) is 10.8. The fourth-order valence-electron chi connectivity index (χ4n) is 1.74. The molecule has 0 aliphatic heterocycles. The lowest BCUT2D eigenvalue weighted by Gasteiger charge is -1.98. The molecule has 112 valence electrons. The Hall–Kier alpha value is -2.54. The van der Waals surface area contributed by atoms with Crippen LogP contribution in [0.15, 0.2) is 62.5 Å². The highest BCUT2D eigenvalue weighted by Gasteiger charge is 2.13. The molecule has 0 atom stereocenters. The number of amides is 1. The van der Waals surface area contributed by atoms with Gasteiger partial charge in [-0.2, -0.15) is 0 Å². The average molecular weight is 315 g/mol. The molecule has 0 aliphatic rings. The predicted molar refractivity (Wildman–Crippen MR) is 81.8 cm³/mol. The van der Waals surface area contributed by atoms with E-state index in [0.29, 0.717) is 12.3 Å². The van der Waals surface area contributed by atoms with E-state index >= 15 is 0 Å². The molecule has 2 heterocycles. The van der Waals surface area contributed by atoms with Crippen LogP contribution in [0.4, 0.5) is 6.01 Å². The van der Waals surface area contributed by atoms with Gasteiger partial charge < -0.3 is 8.83 Å². The zero-order chi connectivity index (χ0) is 15.2. The molecule has 0 unspecified atom stereocenters. The minimum atomic E-state index is -0.418. The van der Waals surface area contributed by atoms with Gasteiger partial charge >= 0.3 is 6.01 Å². The van der Waals surface area contributed by atoms with Crippen LogP contribution in [0, 0.1) is 0 Å². The molecular formula is C15H13N3O3S. The molecular weight excluding hydrogens is 302 g/mol. The van der Waals surface area contributed by atoms with Crippen molar-refractivity contribution in [3.05, 3.63) is 60.4 Å². The predicted octanol–water partition coefficient (Wildman–Crippen LogP) is 3.25. The third-order valence-corrected chi connectivity index (χ3v) is 3.77. The molecule has 3 rings (SSSR count). The van der Waals surface area contributed by atoms with Crippen LogP contribution in [0.3, 0.4) is 0 Å². The summed E-state index contributed by atoms with van der Waals surface area (Å²) >= 11 is 1.71. The third-order valence-electron chi connectivity index (χ3n) is 2.76. The van der Waals surface area contributed by atoms with Crippen LogP contribution in [0.2, 0.25) is 0 Å². The van der Waals surface area contributed by atoms with Gasteiger partial charge in [-0.15, -0.1) is 16.9 Å². The number of furan rings is 1. The molecule has 1 N–H and O–H groups in total. The highest BCUT2D eigenvalue weighted by molar-refractivity contribution is 7.99. The normalized spacial score (nSPS) is 10.5. The van der Waals surface area contributed by atoms with Crippen molar-refractivity contribution >= 4 is 23.7 Å². The Kier molecular flexibility index (Phi) is 4.55. The lowest BCUT2D eigenvalue weighted by molar-refractivity contribution is 0.0993. The number of carbonyl (C=O) groups excluding carboxylic acids is 1. The highest BCUT2D eigenvalue weighted by Crippen LogP contribution is 2.18. The number of rotatable bonds is 6. The second-order valence-electron chi connectivity index (χ2n) is 4.34. The molecule has 3 aromatic rings. The largest absolute Gasteiger partial charge is 0.459 e. The topological polar surface area (TPSA) is 81.2 Å². The Morgan fingerprint density at radius 1 is 1.14 bits per heavy atom. The van der Waals surface area contributed by atoms with Gasteiger partial charge in [-0.05, 0) is 24.3 Å². The molecule has 2 aromatic heterocycles. The van der Waals surface area contributed by atoms with Gasteiger partial charge in [-0.1, -0.05) is 23.3 Å². The Bertz CT molecular complexity index is 726. The Morgan fingerprint density at radius 3 is 2.77 bits per heavy atom. The zero-order valence-electron chi connectivity index (χ0n) is 11.6. The number of thioether (sulfide) groups is 1. The van der Waals surface area contributed by atoms with E-state index in [-0.39, 0.29) is 11.8 Å². The third kappa shape index (κ3) is 3.76. The van der Waals surface area contributed by atoms with Gasteiger partial charge in [0.05, 0.1) is 6.26 Å². The van der Waals surface area contributed by atoms with Crippen molar-refractivity contribution in [3.63, 3.8) is 0 Å². The van der Waals surface area contributed by atoms with Crippen LogP contribution in [0.25, 0.3) is 0 Å². The number of anilines is 1. The maximum atomic E-state index is 11.7. The van der Waals surface area contributed by atoms with E-state index in [2.05, 4.69) is 15.5 Å². The van der Waals surface area contributed by atoms with Gasteiger partial charge in [0.25, 0.3) is 5.91 Å². The van der Waals surface area contributed by atoms with Crippen LogP contribution < -0.4 is 5.32 Å².